The lowest BCUT2D eigenvalue weighted by atomic mass is 10.2. The van der Waals surface area contributed by atoms with Crippen LogP contribution in [-0.4, -0.2) is 9.30 Å². The molecule has 0 spiro atoms. The summed E-state index contributed by atoms with van der Waals surface area (Å²) >= 11 is 5.08. The summed E-state index contributed by atoms with van der Waals surface area (Å²) in [4.78, 5) is 10.0. The van der Waals surface area contributed by atoms with Crippen molar-refractivity contribution in [2.75, 3.05) is 0 Å². The molecule has 0 saturated carbocycles. The molecule has 7 heteroatoms. The maximum atomic E-state index is 10.4. The molecule has 1 aromatic heterocycles. The van der Waals surface area contributed by atoms with Crippen LogP contribution in [-0.2, 0) is 0 Å². The Balaban J connectivity index is 2.44. The number of aromatic nitrogens is 1. The molecule has 0 amide bonds. The Kier molecular flexibility index (Phi) is 2.85. The van der Waals surface area contributed by atoms with Gasteiger partial charge in [-0.1, -0.05) is 12.2 Å². The highest BCUT2D eigenvalue weighted by molar-refractivity contribution is 7.79. The van der Waals surface area contributed by atoms with E-state index in [0.717, 1.165) is 11.3 Å². The number of nitro benzene ring substituents is 1. The maximum absolute atomic E-state index is 10.4. The third-order valence-electron chi connectivity index (χ3n) is 1.79. The van der Waals surface area contributed by atoms with Crippen LogP contribution in [0.15, 0.2) is 24.3 Å². The molecule has 0 N–H and O–H groups in total. The normalized spacial score (nSPS) is 10.1. The molecule has 0 saturated heterocycles. The van der Waals surface area contributed by atoms with Crippen LogP contribution in [0.25, 0.3) is 11.3 Å². The standard InChI is InChI=1S/C8H4N2O2S3/c11-10(12)6-3-1-5(2-4-6)7-8(13)14-15-9-7/h1-4H. The van der Waals surface area contributed by atoms with Crippen molar-refractivity contribution < 1.29 is 4.92 Å². The second-order valence-electron chi connectivity index (χ2n) is 2.69. The van der Waals surface area contributed by atoms with E-state index in [0.29, 0.717) is 3.82 Å². The first-order chi connectivity index (χ1) is 7.18. The Morgan fingerprint density at radius 3 is 2.47 bits per heavy atom. The summed E-state index contributed by atoms with van der Waals surface area (Å²) in [6.07, 6.45) is 0. The largest absolute Gasteiger partial charge is 0.269 e. The van der Waals surface area contributed by atoms with E-state index in [1.54, 1.807) is 12.1 Å². The molecule has 0 aliphatic heterocycles. The van der Waals surface area contributed by atoms with E-state index in [1.807, 2.05) is 0 Å². The van der Waals surface area contributed by atoms with Gasteiger partial charge in [0, 0.05) is 28.2 Å². The zero-order valence-corrected chi connectivity index (χ0v) is 9.69. The fraction of sp³-hybridized carbons (Fsp3) is 0. The van der Waals surface area contributed by atoms with Gasteiger partial charge in [-0.25, -0.2) is 0 Å². The highest BCUT2D eigenvalue weighted by Gasteiger charge is 2.07. The van der Waals surface area contributed by atoms with Gasteiger partial charge in [-0.05, 0) is 22.5 Å². The first-order valence-electron chi connectivity index (χ1n) is 3.89. The quantitative estimate of drug-likeness (QED) is 0.357. The molecule has 0 bridgehead atoms. The fourth-order valence-corrected chi connectivity index (χ4v) is 3.02. The summed E-state index contributed by atoms with van der Waals surface area (Å²) in [6.45, 7) is 0. The molecular formula is C8H4N2O2S3. The summed E-state index contributed by atoms with van der Waals surface area (Å²) in [6, 6.07) is 6.23. The molecule has 4 nitrogen and oxygen atoms in total. The highest BCUT2D eigenvalue weighted by Crippen LogP contribution is 2.25. The van der Waals surface area contributed by atoms with Gasteiger partial charge in [0.2, 0.25) is 0 Å². The van der Waals surface area contributed by atoms with E-state index >= 15 is 0 Å². The number of benzene rings is 1. The molecular weight excluding hydrogens is 252 g/mol. The zero-order chi connectivity index (χ0) is 10.8. The molecule has 0 aliphatic carbocycles. The van der Waals surface area contributed by atoms with Crippen molar-refractivity contribution >= 4 is 38.8 Å². The van der Waals surface area contributed by atoms with Crippen LogP contribution in [0.2, 0.25) is 0 Å². The first kappa shape index (κ1) is 10.3. The Hall–Kier alpha value is -1.18. The lowest BCUT2D eigenvalue weighted by Gasteiger charge is -1.94. The Labute approximate surface area is 97.5 Å². The predicted molar refractivity (Wildman–Crippen MR) is 62.9 cm³/mol. The van der Waals surface area contributed by atoms with Crippen molar-refractivity contribution in [1.82, 2.24) is 4.37 Å². The van der Waals surface area contributed by atoms with E-state index in [2.05, 4.69) is 4.37 Å². The van der Waals surface area contributed by atoms with Gasteiger partial charge < -0.3 is 0 Å². The van der Waals surface area contributed by atoms with Crippen molar-refractivity contribution in [3.05, 3.63) is 38.2 Å². The first-order valence-corrected chi connectivity index (χ1v) is 6.41. The van der Waals surface area contributed by atoms with Crippen LogP contribution in [0, 0.1) is 13.9 Å². The van der Waals surface area contributed by atoms with E-state index in [9.17, 15) is 10.1 Å². The number of non-ortho nitro benzene ring substituents is 1. The summed E-state index contributed by atoms with van der Waals surface area (Å²) in [5.74, 6) is 0. The topological polar surface area (TPSA) is 56.0 Å². The van der Waals surface area contributed by atoms with Crippen LogP contribution in [0.4, 0.5) is 5.69 Å². The third-order valence-corrected chi connectivity index (χ3v) is 4.17. The minimum atomic E-state index is -0.429. The Morgan fingerprint density at radius 1 is 1.33 bits per heavy atom. The van der Waals surface area contributed by atoms with Crippen LogP contribution >= 0.6 is 33.1 Å². The van der Waals surface area contributed by atoms with Crippen molar-refractivity contribution in [3.63, 3.8) is 0 Å². The van der Waals surface area contributed by atoms with E-state index in [-0.39, 0.29) is 5.69 Å². The minimum absolute atomic E-state index is 0.0728. The molecule has 1 heterocycles. The van der Waals surface area contributed by atoms with Gasteiger partial charge in [0.15, 0.2) is 0 Å². The summed E-state index contributed by atoms with van der Waals surface area (Å²) in [7, 11) is 2.75. The van der Waals surface area contributed by atoms with E-state index in [4.69, 9.17) is 12.2 Å². The van der Waals surface area contributed by atoms with Gasteiger partial charge >= 0.3 is 0 Å². The van der Waals surface area contributed by atoms with Gasteiger partial charge in [0.05, 0.1) is 4.92 Å². The molecule has 2 aromatic rings. The van der Waals surface area contributed by atoms with Gasteiger partial charge in [0.1, 0.15) is 9.52 Å². The van der Waals surface area contributed by atoms with Gasteiger partial charge in [-0.15, -0.1) is 0 Å². The summed E-state index contributed by atoms with van der Waals surface area (Å²) in [5.41, 5.74) is 1.63. The lowest BCUT2D eigenvalue weighted by Crippen LogP contribution is -1.87. The van der Waals surface area contributed by atoms with Gasteiger partial charge in [0.25, 0.3) is 5.69 Å². The van der Waals surface area contributed by atoms with Crippen LogP contribution in [0.5, 0.6) is 0 Å². The Bertz CT molecular complexity index is 544. The molecule has 0 unspecified atom stereocenters. The number of rotatable bonds is 2. The minimum Gasteiger partial charge on any atom is -0.258 e. The van der Waals surface area contributed by atoms with Crippen molar-refractivity contribution in [1.29, 1.82) is 0 Å². The second-order valence-corrected chi connectivity index (χ2v) is 5.21. The smallest absolute Gasteiger partial charge is 0.258 e. The van der Waals surface area contributed by atoms with Crippen LogP contribution < -0.4 is 0 Å². The lowest BCUT2D eigenvalue weighted by molar-refractivity contribution is -0.384. The van der Waals surface area contributed by atoms with Crippen molar-refractivity contribution in [2.24, 2.45) is 0 Å². The summed E-state index contributed by atoms with van der Waals surface area (Å²) < 4.78 is 4.86. The number of hydrogen-bond acceptors (Lipinski definition) is 6. The average molecular weight is 256 g/mol. The zero-order valence-electron chi connectivity index (χ0n) is 7.25. The summed E-state index contributed by atoms with van der Waals surface area (Å²) in [5, 5.41) is 10.4. The predicted octanol–water partition coefficient (Wildman–Crippen LogP) is 3.51. The molecule has 76 valence electrons. The molecule has 15 heavy (non-hydrogen) atoms. The highest BCUT2D eigenvalue weighted by atomic mass is 32.9. The molecule has 2 rings (SSSR count). The molecule has 0 aliphatic rings. The van der Waals surface area contributed by atoms with Gasteiger partial charge in [-0.2, -0.15) is 4.37 Å². The third kappa shape index (κ3) is 2.09. The SMILES string of the molecule is O=[N+]([O-])c1ccc(-c2nssc2=S)cc1. The van der Waals surface area contributed by atoms with Gasteiger partial charge in [-0.3, -0.25) is 10.1 Å². The second kappa shape index (κ2) is 4.13. The van der Waals surface area contributed by atoms with Crippen LogP contribution in [0.1, 0.15) is 0 Å². The van der Waals surface area contributed by atoms with Crippen molar-refractivity contribution in [3.8, 4) is 11.3 Å². The van der Waals surface area contributed by atoms with Crippen LogP contribution in [0.3, 0.4) is 0 Å². The maximum Gasteiger partial charge on any atom is 0.269 e. The van der Waals surface area contributed by atoms with E-state index < -0.39 is 4.92 Å². The molecule has 0 radical (unpaired) electrons. The average Bonchev–Trinajstić information content (AvgIpc) is 2.65. The number of hydrogen-bond donors (Lipinski definition) is 0. The Morgan fingerprint density at radius 2 is 2.00 bits per heavy atom. The molecule has 0 fully saturated rings. The number of nitro groups is 1. The molecule has 0 atom stereocenters. The molecule has 1 aromatic carbocycles. The fourth-order valence-electron chi connectivity index (χ4n) is 1.08. The van der Waals surface area contributed by atoms with E-state index in [1.165, 1.54) is 33.0 Å². The van der Waals surface area contributed by atoms with Crippen molar-refractivity contribution in [2.45, 2.75) is 0 Å². The number of nitrogens with zero attached hydrogens (tertiary/aromatic N) is 2. The monoisotopic (exact) mass is 256 g/mol.